The molecule has 4 nitrogen and oxygen atoms in total. The second kappa shape index (κ2) is 4.19. The van der Waals surface area contributed by atoms with E-state index in [0.29, 0.717) is 17.0 Å². The number of nitrogens with zero attached hydrogens (tertiary/aromatic N) is 1. The van der Waals surface area contributed by atoms with Crippen LogP contribution in [0.15, 0.2) is 52.9 Å². The molecule has 0 radical (unpaired) electrons. The van der Waals surface area contributed by atoms with Crippen molar-refractivity contribution in [2.24, 2.45) is 0 Å². The minimum absolute atomic E-state index is 0.162. The third-order valence-corrected chi connectivity index (χ3v) is 4.13. The third-order valence-electron chi connectivity index (χ3n) is 4.13. The molecular formula is C17H13NO3. The molecule has 1 aliphatic carbocycles. The maximum absolute atomic E-state index is 11.3. The summed E-state index contributed by atoms with van der Waals surface area (Å²) >= 11 is 0. The number of hydrogen-bond acceptors (Lipinski definition) is 3. The fraction of sp³-hybridized carbons (Fsp3) is 0.176. The van der Waals surface area contributed by atoms with E-state index in [1.165, 1.54) is 5.56 Å². The van der Waals surface area contributed by atoms with Gasteiger partial charge in [-0.05, 0) is 30.5 Å². The largest absolute Gasteiger partial charge is 0.478 e. The van der Waals surface area contributed by atoms with Gasteiger partial charge in [-0.2, -0.15) is 0 Å². The standard InChI is InChI=1S/C17H13NO3/c19-15(20)12-7-4-8-13-14(12)21-16(18-13)17(9-10-17)11-5-2-1-3-6-11/h1-8H,9-10H2,(H,19,20). The summed E-state index contributed by atoms with van der Waals surface area (Å²) in [6.45, 7) is 0. The summed E-state index contributed by atoms with van der Waals surface area (Å²) in [6, 6.07) is 15.1. The van der Waals surface area contributed by atoms with Crippen molar-refractivity contribution in [2.45, 2.75) is 18.3 Å². The molecule has 0 atom stereocenters. The van der Waals surface area contributed by atoms with Gasteiger partial charge in [0.1, 0.15) is 11.1 Å². The number of carboxylic acid groups (broad SMARTS) is 1. The van der Waals surface area contributed by atoms with E-state index < -0.39 is 5.97 Å². The van der Waals surface area contributed by atoms with Gasteiger partial charge < -0.3 is 9.52 Å². The Morgan fingerprint density at radius 3 is 2.52 bits per heavy atom. The van der Waals surface area contributed by atoms with Gasteiger partial charge in [-0.25, -0.2) is 9.78 Å². The number of benzene rings is 2. The second-order valence-corrected chi connectivity index (χ2v) is 5.43. The summed E-state index contributed by atoms with van der Waals surface area (Å²) in [6.07, 6.45) is 1.96. The molecule has 4 heteroatoms. The van der Waals surface area contributed by atoms with Crippen molar-refractivity contribution in [3.63, 3.8) is 0 Å². The molecule has 3 aromatic rings. The van der Waals surface area contributed by atoms with E-state index in [1.54, 1.807) is 18.2 Å². The summed E-state index contributed by atoms with van der Waals surface area (Å²) in [4.78, 5) is 15.8. The van der Waals surface area contributed by atoms with E-state index in [-0.39, 0.29) is 11.0 Å². The van der Waals surface area contributed by atoms with Crippen LogP contribution in [0.25, 0.3) is 11.1 Å². The first-order valence-corrected chi connectivity index (χ1v) is 6.90. The second-order valence-electron chi connectivity index (χ2n) is 5.43. The Bertz CT molecular complexity index is 832. The number of aromatic carboxylic acids is 1. The SMILES string of the molecule is O=C(O)c1cccc2nc(C3(c4ccccc4)CC3)oc12. The quantitative estimate of drug-likeness (QED) is 0.795. The Morgan fingerprint density at radius 1 is 1.10 bits per heavy atom. The third kappa shape index (κ3) is 1.76. The molecule has 21 heavy (non-hydrogen) atoms. The van der Waals surface area contributed by atoms with Crippen LogP contribution in [0, 0.1) is 0 Å². The predicted octanol–water partition coefficient (Wildman–Crippen LogP) is 3.61. The average molecular weight is 279 g/mol. The molecule has 104 valence electrons. The van der Waals surface area contributed by atoms with Crippen molar-refractivity contribution < 1.29 is 14.3 Å². The van der Waals surface area contributed by atoms with Gasteiger partial charge in [0.25, 0.3) is 0 Å². The number of para-hydroxylation sites is 1. The monoisotopic (exact) mass is 279 g/mol. The van der Waals surface area contributed by atoms with E-state index in [4.69, 9.17) is 4.42 Å². The molecule has 4 rings (SSSR count). The van der Waals surface area contributed by atoms with Crippen molar-refractivity contribution in [3.05, 3.63) is 65.5 Å². The Morgan fingerprint density at radius 2 is 1.86 bits per heavy atom. The summed E-state index contributed by atoms with van der Waals surface area (Å²) < 4.78 is 5.85. The lowest BCUT2D eigenvalue weighted by atomic mass is 9.96. The van der Waals surface area contributed by atoms with Crippen molar-refractivity contribution in [2.75, 3.05) is 0 Å². The molecule has 0 amide bonds. The molecule has 1 heterocycles. The van der Waals surface area contributed by atoms with Gasteiger partial charge in [-0.15, -0.1) is 0 Å². The lowest BCUT2D eigenvalue weighted by molar-refractivity contribution is 0.0698. The highest BCUT2D eigenvalue weighted by Gasteiger charge is 2.50. The minimum atomic E-state index is -0.993. The van der Waals surface area contributed by atoms with Crippen LogP contribution < -0.4 is 0 Å². The lowest BCUT2D eigenvalue weighted by Gasteiger charge is -2.10. The lowest BCUT2D eigenvalue weighted by Crippen LogP contribution is -2.08. The van der Waals surface area contributed by atoms with Crippen LogP contribution in [-0.4, -0.2) is 16.1 Å². The topological polar surface area (TPSA) is 63.3 Å². The van der Waals surface area contributed by atoms with E-state index in [0.717, 1.165) is 12.8 Å². The molecule has 1 N–H and O–H groups in total. The summed E-state index contributed by atoms with van der Waals surface area (Å²) in [5, 5.41) is 9.24. The summed E-state index contributed by atoms with van der Waals surface area (Å²) in [5.74, 6) is -0.370. The molecule has 1 aromatic heterocycles. The zero-order valence-corrected chi connectivity index (χ0v) is 11.2. The predicted molar refractivity (Wildman–Crippen MR) is 77.4 cm³/mol. The zero-order valence-electron chi connectivity index (χ0n) is 11.2. The van der Waals surface area contributed by atoms with Crippen LogP contribution in [0.4, 0.5) is 0 Å². The Labute approximate surface area is 121 Å². The van der Waals surface area contributed by atoms with Crippen molar-refractivity contribution in [1.82, 2.24) is 4.98 Å². The van der Waals surface area contributed by atoms with Crippen molar-refractivity contribution >= 4 is 17.1 Å². The van der Waals surface area contributed by atoms with E-state index in [2.05, 4.69) is 17.1 Å². The van der Waals surface area contributed by atoms with Crippen LogP contribution in [-0.2, 0) is 5.41 Å². The number of rotatable bonds is 3. The number of hydrogen-bond donors (Lipinski definition) is 1. The van der Waals surface area contributed by atoms with Gasteiger partial charge in [0.2, 0.25) is 5.89 Å². The smallest absolute Gasteiger partial charge is 0.339 e. The normalized spacial score (nSPS) is 16.0. The Kier molecular flexibility index (Phi) is 2.42. The van der Waals surface area contributed by atoms with Gasteiger partial charge in [0, 0.05) is 0 Å². The van der Waals surface area contributed by atoms with Gasteiger partial charge in [0.15, 0.2) is 5.58 Å². The first-order chi connectivity index (χ1) is 10.2. The van der Waals surface area contributed by atoms with Crippen LogP contribution in [0.1, 0.15) is 34.7 Å². The molecule has 1 saturated carbocycles. The number of oxazole rings is 1. The molecule has 1 aliphatic rings. The Balaban J connectivity index is 1.89. The average Bonchev–Trinajstić information content (AvgIpc) is 3.20. The molecular weight excluding hydrogens is 266 g/mol. The summed E-state index contributed by atoms with van der Waals surface area (Å²) in [5.41, 5.74) is 2.12. The molecule has 0 unspecified atom stereocenters. The number of aromatic nitrogens is 1. The van der Waals surface area contributed by atoms with Gasteiger partial charge in [0.05, 0.1) is 5.41 Å². The van der Waals surface area contributed by atoms with Gasteiger partial charge in [-0.1, -0.05) is 36.4 Å². The fourth-order valence-electron chi connectivity index (χ4n) is 2.83. The molecule has 0 spiro atoms. The molecule has 0 aliphatic heterocycles. The molecule has 0 bridgehead atoms. The molecule has 1 fully saturated rings. The molecule has 0 saturated heterocycles. The van der Waals surface area contributed by atoms with Crippen molar-refractivity contribution in [3.8, 4) is 0 Å². The highest BCUT2D eigenvalue weighted by Crippen LogP contribution is 2.53. The molecule has 2 aromatic carbocycles. The van der Waals surface area contributed by atoms with Gasteiger partial charge in [-0.3, -0.25) is 0 Å². The van der Waals surface area contributed by atoms with Crippen LogP contribution in [0.3, 0.4) is 0 Å². The highest BCUT2D eigenvalue weighted by atomic mass is 16.4. The van der Waals surface area contributed by atoms with Crippen LogP contribution >= 0.6 is 0 Å². The number of fused-ring (bicyclic) bond motifs is 1. The van der Waals surface area contributed by atoms with E-state index in [9.17, 15) is 9.90 Å². The number of carboxylic acids is 1. The first kappa shape index (κ1) is 12.1. The summed E-state index contributed by atoms with van der Waals surface area (Å²) in [7, 11) is 0. The Hall–Kier alpha value is -2.62. The van der Waals surface area contributed by atoms with E-state index in [1.807, 2.05) is 18.2 Å². The zero-order chi connectivity index (χ0) is 14.4. The van der Waals surface area contributed by atoms with Crippen LogP contribution in [0.2, 0.25) is 0 Å². The minimum Gasteiger partial charge on any atom is -0.478 e. The number of carbonyl (C=O) groups is 1. The highest BCUT2D eigenvalue weighted by molar-refractivity contribution is 5.99. The first-order valence-electron chi connectivity index (χ1n) is 6.90. The maximum Gasteiger partial charge on any atom is 0.339 e. The van der Waals surface area contributed by atoms with Crippen molar-refractivity contribution in [1.29, 1.82) is 0 Å². The van der Waals surface area contributed by atoms with Gasteiger partial charge >= 0.3 is 5.97 Å². The van der Waals surface area contributed by atoms with Crippen LogP contribution in [0.5, 0.6) is 0 Å². The fourth-order valence-corrected chi connectivity index (χ4v) is 2.83. The maximum atomic E-state index is 11.3. The van der Waals surface area contributed by atoms with E-state index >= 15 is 0 Å².